The molecule has 2 aromatic carbocycles. The number of likely N-dealkylation sites (tertiary alicyclic amines) is 1. The maximum Gasteiger partial charge on any atom is 0.161 e. The number of ether oxygens (including phenoxy) is 2. The predicted molar refractivity (Wildman–Crippen MR) is 113 cm³/mol. The number of aliphatic hydroxyl groups is 1. The first kappa shape index (κ1) is 20.7. The molecule has 0 amide bonds. The summed E-state index contributed by atoms with van der Waals surface area (Å²) in [6, 6.07) is 16.7. The summed E-state index contributed by atoms with van der Waals surface area (Å²) in [6.45, 7) is 9.41. The highest BCUT2D eigenvalue weighted by molar-refractivity contribution is 5.43. The van der Waals surface area contributed by atoms with Crippen LogP contribution in [0.4, 0.5) is 0 Å². The van der Waals surface area contributed by atoms with Crippen molar-refractivity contribution in [3.8, 4) is 11.5 Å². The van der Waals surface area contributed by atoms with Crippen molar-refractivity contribution in [3.63, 3.8) is 0 Å². The smallest absolute Gasteiger partial charge is 0.161 e. The zero-order valence-corrected chi connectivity index (χ0v) is 17.3. The summed E-state index contributed by atoms with van der Waals surface area (Å²) >= 11 is 0. The molecule has 152 valence electrons. The zero-order chi connectivity index (χ0) is 19.9. The van der Waals surface area contributed by atoms with Crippen molar-refractivity contribution in [3.05, 3.63) is 59.7 Å². The van der Waals surface area contributed by atoms with Gasteiger partial charge in [0, 0.05) is 25.6 Å². The fourth-order valence-electron chi connectivity index (χ4n) is 3.88. The highest BCUT2D eigenvalue weighted by Crippen LogP contribution is 2.31. The molecule has 0 saturated carbocycles. The maximum absolute atomic E-state index is 10.6. The molecular formula is C24H33NO3. The van der Waals surface area contributed by atoms with Gasteiger partial charge < -0.3 is 14.6 Å². The lowest BCUT2D eigenvalue weighted by Crippen LogP contribution is -2.43. The summed E-state index contributed by atoms with van der Waals surface area (Å²) in [6.07, 6.45) is 1.52. The third-order valence-electron chi connectivity index (χ3n) is 5.20. The monoisotopic (exact) mass is 383 g/mol. The van der Waals surface area contributed by atoms with Gasteiger partial charge in [0.15, 0.2) is 11.5 Å². The minimum Gasteiger partial charge on any atom is -0.490 e. The van der Waals surface area contributed by atoms with Gasteiger partial charge in [-0.1, -0.05) is 36.4 Å². The number of benzene rings is 2. The summed E-state index contributed by atoms with van der Waals surface area (Å²) in [4.78, 5) is 2.45. The van der Waals surface area contributed by atoms with Crippen LogP contribution < -0.4 is 9.47 Å². The second-order valence-electron chi connectivity index (χ2n) is 7.92. The highest BCUT2D eigenvalue weighted by Gasteiger charge is 2.28. The quantitative estimate of drug-likeness (QED) is 0.738. The third kappa shape index (κ3) is 5.73. The lowest BCUT2D eigenvalue weighted by molar-refractivity contribution is 0.0239. The van der Waals surface area contributed by atoms with Crippen molar-refractivity contribution in [2.45, 2.75) is 52.4 Å². The molecule has 1 N–H and O–H groups in total. The summed E-state index contributed by atoms with van der Waals surface area (Å²) in [7, 11) is 0. The zero-order valence-electron chi connectivity index (χ0n) is 17.3. The Labute approximate surface area is 169 Å². The van der Waals surface area contributed by atoms with Crippen LogP contribution in [0.1, 0.15) is 38.3 Å². The first-order valence-electron chi connectivity index (χ1n) is 10.4. The van der Waals surface area contributed by atoms with E-state index < -0.39 is 0 Å². The highest BCUT2D eigenvalue weighted by atomic mass is 16.5. The Bertz CT molecular complexity index is 732. The van der Waals surface area contributed by atoms with Crippen LogP contribution in [0.3, 0.4) is 0 Å². The molecule has 1 heterocycles. The summed E-state index contributed by atoms with van der Waals surface area (Å²) in [5.41, 5.74) is 2.51. The van der Waals surface area contributed by atoms with E-state index >= 15 is 0 Å². The van der Waals surface area contributed by atoms with Crippen molar-refractivity contribution >= 4 is 0 Å². The van der Waals surface area contributed by atoms with E-state index in [1.165, 1.54) is 11.1 Å². The number of hydrogen-bond acceptors (Lipinski definition) is 4. The first-order chi connectivity index (χ1) is 13.5. The van der Waals surface area contributed by atoms with Crippen molar-refractivity contribution in [1.29, 1.82) is 0 Å². The van der Waals surface area contributed by atoms with Gasteiger partial charge in [-0.15, -0.1) is 0 Å². The van der Waals surface area contributed by atoms with E-state index in [9.17, 15) is 5.11 Å². The molecule has 3 rings (SSSR count). The number of nitrogens with zero attached hydrogens (tertiary/aromatic N) is 1. The molecular weight excluding hydrogens is 350 g/mol. The number of aliphatic hydroxyl groups excluding tert-OH is 1. The molecule has 28 heavy (non-hydrogen) atoms. The van der Waals surface area contributed by atoms with Crippen LogP contribution in [0.2, 0.25) is 0 Å². The molecule has 2 atom stereocenters. The molecule has 0 aromatic heterocycles. The van der Waals surface area contributed by atoms with Gasteiger partial charge in [-0.3, -0.25) is 4.90 Å². The van der Waals surface area contributed by atoms with Crippen LogP contribution in [0.5, 0.6) is 11.5 Å². The van der Waals surface area contributed by atoms with Gasteiger partial charge >= 0.3 is 0 Å². The molecule has 2 aromatic rings. The second-order valence-corrected chi connectivity index (χ2v) is 7.92. The molecule has 1 aliphatic heterocycles. The topological polar surface area (TPSA) is 41.9 Å². The van der Waals surface area contributed by atoms with Gasteiger partial charge in [-0.25, -0.2) is 0 Å². The Morgan fingerprint density at radius 2 is 1.86 bits per heavy atom. The van der Waals surface area contributed by atoms with Gasteiger partial charge in [0.2, 0.25) is 0 Å². The lowest BCUT2D eigenvalue weighted by Gasteiger charge is -2.36. The average Bonchev–Trinajstić information content (AvgIpc) is 2.67. The summed E-state index contributed by atoms with van der Waals surface area (Å²) < 4.78 is 11.7. The average molecular weight is 384 g/mol. The van der Waals surface area contributed by atoms with E-state index in [4.69, 9.17) is 9.47 Å². The Morgan fingerprint density at radius 3 is 2.57 bits per heavy atom. The Balaban J connectivity index is 1.67. The van der Waals surface area contributed by atoms with Crippen LogP contribution in [-0.2, 0) is 13.0 Å². The predicted octanol–water partition coefficient (Wildman–Crippen LogP) is 4.30. The fourth-order valence-corrected chi connectivity index (χ4v) is 3.88. The molecule has 1 fully saturated rings. The second kappa shape index (κ2) is 9.94. The van der Waals surface area contributed by atoms with E-state index in [0.29, 0.717) is 6.61 Å². The first-order valence-corrected chi connectivity index (χ1v) is 10.4. The SMILES string of the molecule is CCOc1cc(CC2CN(Cc3ccccc3)CCC2O)ccc1OC(C)C. The van der Waals surface area contributed by atoms with Gasteiger partial charge in [0.1, 0.15) is 0 Å². The Kier molecular flexibility index (Phi) is 7.35. The van der Waals surface area contributed by atoms with Crippen molar-refractivity contribution in [2.75, 3.05) is 19.7 Å². The van der Waals surface area contributed by atoms with Crippen molar-refractivity contribution in [2.24, 2.45) is 5.92 Å². The fraction of sp³-hybridized carbons (Fsp3) is 0.500. The molecule has 1 saturated heterocycles. The van der Waals surface area contributed by atoms with Gasteiger partial charge in [0.05, 0.1) is 18.8 Å². The van der Waals surface area contributed by atoms with Crippen molar-refractivity contribution < 1.29 is 14.6 Å². The molecule has 0 aliphatic carbocycles. The number of hydrogen-bond donors (Lipinski definition) is 1. The van der Waals surface area contributed by atoms with Gasteiger partial charge in [-0.05, 0) is 56.9 Å². The molecule has 0 radical (unpaired) electrons. The number of rotatable bonds is 8. The molecule has 4 nitrogen and oxygen atoms in total. The lowest BCUT2D eigenvalue weighted by atomic mass is 9.88. The van der Waals surface area contributed by atoms with Crippen LogP contribution >= 0.6 is 0 Å². The molecule has 2 unspecified atom stereocenters. The van der Waals surface area contributed by atoms with E-state index in [0.717, 1.165) is 44.0 Å². The normalized spacial score (nSPS) is 20.3. The van der Waals surface area contributed by atoms with Crippen LogP contribution in [0, 0.1) is 5.92 Å². The Hall–Kier alpha value is -2.04. The van der Waals surface area contributed by atoms with Gasteiger partial charge in [0.25, 0.3) is 0 Å². The van der Waals surface area contributed by atoms with Crippen molar-refractivity contribution in [1.82, 2.24) is 4.90 Å². The maximum atomic E-state index is 10.6. The summed E-state index contributed by atoms with van der Waals surface area (Å²) in [5, 5.41) is 10.6. The van der Waals surface area contributed by atoms with Crippen LogP contribution in [0.15, 0.2) is 48.5 Å². The van der Waals surface area contributed by atoms with Gasteiger partial charge in [-0.2, -0.15) is 0 Å². The van der Waals surface area contributed by atoms with Crippen LogP contribution in [-0.4, -0.2) is 41.9 Å². The number of piperidine rings is 1. The minimum atomic E-state index is -0.255. The van der Waals surface area contributed by atoms with E-state index in [2.05, 4.69) is 47.4 Å². The van der Waals surface area contributed by atoms with Crippen LogP contribution in [0.25, 0.3) is 0 Å². The molecule has 4 heteroatoms. The van der Waals surface area contributed by atoms with E-state index in [1.807, 2.05) is 26.8 Å². The minimum absolute atomic E-state index is 0.108. The standard InChI is InChI=1S/C24H33NO3/c1-4-27-24-15-20(10-11-23(24)28-18(2)3)14-21-17-25(13-12-22(21)26)16-19-8-6-5-7-9-19/h5-11,15,18,21-22,26H,4,12-14,16-17H2,1-3H3. The third-order valence-corrected chi connectivity index (χ3v) is 5.20. The van der Waals surface area contributed by atoms with E-state index in [-0.39, 0.29) is 18.1 Å². The molecule has 0 bridgehead atoms. The Morgan fingerprint density at radius 1 is 1.07 bits per heavy atom. The van der Waals surface area contributed by atoms with E-state index in [1.54, 1.807) is 0 Å². The summed E-state index contributed by atoms with van der Waals surface area (Å²) in [5.74, 6) is 1.81. The molecule has 0 spiro atoms. The largest absolute Gasteiger partial charge is 0.490 e. The molecule has 1 aliphatic rings.